The minimum Gasteiger partial charge on any atom is -0.495 e. The smallest absolute Gasteiger partial charge is 0.320 e. The van der Waals surface area contributed by atoms with Crippen molar-refractivity contribution in [2.24, 2.45) is 0 Å². The Morgan fingerprint density at radius 3 is 2.95 bits per heavy atom. The summed E-state index contributed by atoms with van der Waals surface area (Å²) < 4.78 is 10.6. The highest BCUT2D eigenvalue weighted by Gasteiger charge is 2.07. The molecule has 0 bridgehead atoms. The molecule has 1 aromatic carbocycles. The minimum absolute atomic E-state index is 0.336. The van der Waals surface area contributed by atoms with E-state index in [1.165, 1.54) is 0 Å². The maximum absolute atomic E-state index is 5.96. The third-order valence-electron chi connectivity index (χ3n) is 2.57. The lowest BCUT2D eigenvalue weighted by molar-refractivity contribution is 0.415. The van der Waals surface area contributed by atoms with Crippen molar-refractivity contribution >= 4 is 23.3 Å². The van der Waals surface area contributed by atoms with Crippen molar-refractivity contribution in [1.82, 2.24) is 15.5 Å². The Hall–Kier alpha value is -1.79. The summed E-state index contributed by atoms with van der Waals surface area (Å²) in [5.74, 6) is 1.13. The van der Waals surface area contributed by atoms with E-state index in [0.717, 1.165) is 18.7 Å². The normalized spacial score (nSPS) is 10.6. The Bertz CT molecular complexity index is 559. The molecule has 2 aromatic rings. The highest BCUT2D eigenvalue weighted by molar-refractivity contribution is 6.32. The van der Waals surface area contributed by atoms with Crippen LogP contribution in [0, 0.1) is 0 Å². The van der Waals surface area contributed by atoms with Gasteiger partial charge in [-0.1, -0.05) is 23.6 Å². The van der Waals surface area contributed by atoms with E-state index in [4.69, 9.17) is 20.8 Å². The quantitative estimate of drug-likeness (QED) is 0.765. The van der Waals surface area contributed by atoms with Crippen molar-refractivity contribution in [3.8, 4) is 5.75 Å². The molecule has 2 rings (SSSR count). The lowest BCUT2D eigenvalue weighted by Gasteiger charge is -2.06. The largest absolute Gasteiger partial charge is 0.495 e. The number of rotatable bonds is 7. The van der Waals surface area contributed by atoms with Gasteiger partial charge in [0.25, 0.3) is 0 Å². The molecule has 7 heteroatoms. The molecular weight excluding hydrogens is 280 g/mol. The molecule has 0 spiro atoms. The minimum atomic E-state index is 0.336. The van der Waals surface area contributed by atoms with E-state index in [0.29, 0.717) is 29.2 Å². The molecule has 1 heterocycles. The van der Waals surface area contributed by atoms with E-state index < -0.39 is 0 Å². The van der Waals surface area contributed by atoms with Crippen molar-refractivity contribution in [2.45, 2.75) is 19.9 Å². The monoisotopic (exact) mass is 296 g/mol. The first-order valence-electron chi connectivity index (χ1n) is 6.36. The molecule has 0 saturated carbocycles. The molecular formula is C13H17ClN4O2. The molecule has 0 amide bonds. The van der Waals surface area contributed by atoms with Gasteiger partial charge in [0.05, 0.1) is 18.7 Å². The van der Waals surface area contributed by atoms with Crippen LogP contribution < -0.4 is 15.4 Å². The number of benzene rings is 1. The summed E-state index contributed by atoms with van der Waals surface area (Å²) in [6.45, 7) is 3.58. The Labute approximate surface area is 122 Å². The summed E-state index contributed by atoms with van der Waals surface area (Å²) in [7, 11) is 1.56. The summed E-state index contributed by atoms with van der Waals surface area (Å²) in [5, 5.41) is 14.6. The third kappa shape index (κ3) is 3.85. The van der Waals surface area contributed by atoms with Gasteiger partial charge in [-0.3, -0.25) is 0 Å². The van der Waals surface area contributed by atoms with Gasteiger partial charge in [-0.2, -0.15) is 0 Å². The van der Waals surface area contributed by atoms with E-state index in [9.17, 15) is 0 Å². The average Bonchev–Trinajstić information content (AvgIpc) is 2.89. The van der Waals surface area contributed by atoms with Gasteiger partial charge in [0, 0.05) is 11.8 Å². The lowest BCUT2D eigenvalue weighted by atomic mass is 10.3. The third-order valence-corrected chi connectivity index (χ3v) is 2.88. The molecule has 0 aliphatic rings. The predicted molar refractivity (Wildman–Crippen MR) is 77.6 cm³/mol. The molecule has 0 radical (unpaired) electrons. The van der Waals surface area contributed by atoms with Crippen molar-refractivity contribution < 1.29 is 9.15 Å². The molecule has 0 aliphatic carbocycles. The highest BCUT2D eigenvalue weighted by Crippen LogP contribution is 2.28. The number of anilines is 2. The van der Waals surface area contributed by atoms with Crippen LogP contribution in [0.1, 0.15) is 19.2 Å². The first-order valence-corrected chi connectivity index (χ1v) is 6.74. The molecule has 20 heavy (non-hydrogen) atoms. The van der Waals surface area contributed by atoms with Crippen molar-refractivity contribution in [3.63, 3.8) is 0 Å². The first-order chi connectivity index (χ1) is 9.72. The summed E-state index contributed by atoms with van der Waals surface area (Å²) in [6.07, 6.45) is 1.06. The Morgan fingerprint density at radius 2 is 2.20 bits per heavy atom. The van der Waals surface area contributed by atoms with Gasteiger partial charge in [0.1, 0.15) is 5.75 Å². The Kier molecular flexibility index (Phi) is 5.20. The number of methoxy groups -OCH3 is 1. The number of nitrogens with one attached hydrogen (secondary N) is 2. The van der Waals surface area contributed by atoms with Crippen LogP contribution in [0.25, 0.3) is 0 Å². The van der Waals surface area contributed by atoms with Crippen molar-refractivity contribution in [3.05, 3.63) is 29.1 Å². The van der Waals surface area contributed by atoms with Crippen LogP contribution in [-0.2, 0) is 6.54 Å². The predicted octanol–water partition coefficient (Wildman–Crippen LogP) is 2.97. The van der Waals surface area contributed by atoms with Crippen molar-refractivity contribution in [1.29, 1.82) is 0 Å². The molecule has 0 aliphatic heterocycles. The van der Waals surface area contributed by atoms with E-state index >= 15 is 0 Å². The molecule has 0 atom stereocenters. The molecule has 6 nitrogen and oxygen atoms in total. The van der Waals surface area contributed by atoms with Crippen LogP contribution in [0.3, 0.4) is 0 Å². The topological polar surface area (TPSA) is 72.2 Å². The van der Waals surface area contributed by atoms with Crippen LogP contribution >= 0.6 is 11.6 Å². The number of halogens is 1. The molecule has 0 unspecified atom stereocenters. The highest BCUT2D eigenvalue weighted by atomic mass is 35.5. The summed E-state index contributed by atoms with van der Waals surface area (Å²) in [4.78, 5) is 0. The zero-order valence-electron chi connectivity index (χ0n) is 11.4. The van der Waals surface area contributed by atoms with Crippen LogP contribution in [0.2, 0.25) is 5.02 Å². The second-order valence-corrected chi connectivity index (χ2v) is 4.56. The van der Waals surface area contributed by atoms with Crippen LogP contribution in [0.5, 0.6) is 5.75 Å². The molecule has 0 fully saturated rings. The average molecular weight is 297 g/mol. The SMILES string of the molecule is CCCNCc1nnc(Nc2ccc(Cl)c(OC)c2)o1. The summed E-state index contributed by atoms with van der Waals surface area (Å²) in [5.41, 5.74) is 0.767. The van der Waals surface area contributed by atoms with Crippen LogP contribution in [0.4, 0.5) is 11.7 Å². The molecule has 1 aromatic heterocycles. The zero-order valence-corrected chi connectivity index (χ0v) is 12.2. The molecule has 2 N–H and O–H groups in total. The van der Waals surface area contributed by atoms with E-state index in [1.54, 1.807) is 19.2 Å². The van der Waals surface area contributed by atoms with Gasteiger partial charge in [0.2, 0.25) is 5.89 Å². The van der Waals surface area contributed by atoms with Crippen molar-refractivity contribution in [2.75, 3.05) is 19.0 Å². The van der Waals surface area contributed by atoms with E-state index in [1.807, 2.05) is 6.07 Å². The second-order valence-electron chi connectivity index (χ2n) is 4.15. The number of hydrogen-bond donors (Lipinski definition) is 2. The maximum Gasteiger partial charge on any atom is 0.320 e. The first kappa shape index (κ1) is 14.6. The number of ether oxygens (including phenoxy) is 1. The number of aromatic nitrogens is 2. The van der Waals surface area contributed by atoms with Gasteiger partial charge >= 0.3 is 6.01 Å². The Balaban J connectivity index is 1.99. The number of nitrogens with zero attached hydrogens (tertiary/aromatic N) is 2. The number of hydrogen-bond acceptors (Lipinski definition) is 6. The summed E-state index contributed by atoms with van der Waals surface area (Å²) in [6, 6.07) is 5.65. The van der Waals surface area contributed by atoms with Gasteiger partial charge in [0.15, 0.2) is 0 Å². The zero-order chi connectivity index (χ0) is 14.4. The lowest BCUT2D eigenvalue weighted by Crippen LogP contribution is -2.13. The van der Waals surface area contributed by atoms with Gasteiger partial charge in [-0.25, -0.2) is 0 Å². The van der Waals surface area contributed by atoms with Gasteiger partial charge in [-0.15, -0.1) is 5.10 Å². The summed E-state index contributed by atoms with van der Waals surface area (Å²) >= 11 is 5.96. The van der Waals surface area contributed by atoms with E-state index in [-0.39, 0.29) is 0 Å². The fourth-order valence-electron chi connectivity index (χ4n) is 1.61. The molecule has 0 saturated heterocycles. The standard InChI is InChI=1S/C13H17ClN4O2/c1-3-6-15-8-12-17-18-13(20-12)16-9-4-5-10(14)11(7-9)19-2/h4-5,7,15H,3,6,8H2,1-2H3,(H,16,18). The maximum atomic E-state index is 5.96. The fraction of sp³-hybridized carbons (Fsp3) is 0.385. The molecule has 108 valence electrons. The van der Waals surface area contributed by atoms with Crippen LogP contribution in [-0.4, -0.2) is 23.9 Å². The fourth-order valence-corrected chi connectivity index (χ4v) is 1.80. The van der Waals surface area contributed by atoms with Gasteiger partial charge in [-0.05, 0) is 25.1 Å². The van der Waals surface area contributed by atoms with E-state index in [2.05, 4.69) is 27.8 Å². The van der Waals surface area contributed by atoms with Crippen LogP contribution in [0.15, 0.2) is 22.6 Å². The van der Waals surface area contributed by atoms with Gasteiger partial charge < -0.3 is 19.8 Å². The Morgan fingerprint density at radius 1 is 1.35 bits per heavy atom. The second kappa shape index (κ2) is 7.12.